The van der Waals surface area contributed by atoms with Crippen LogP contribution in [0.5, 0.6) is 0 Å². The third kappa shape index (κ3) is 4.56. The molecule has 146 valence electrons. The van der Waals surface area contributed by atoms with Crippen LogP contribution in [0.2, 0.25) is 0 Å². The highest BCUT2D eigenvalue weighted by atomic mass is 19.4. The number of ether oxygens (including phenoxy) is 2. The molecule has 25 heavy (non-hydrogen) atoms. The van der Waals surface area contributed by atoms with E-state index in [2.05, 4.69) is 9.47 Å². The van der Waals surface area contributed by atoms with E-state index in [1.807, 2.05) is 0 Å². The van der Waals surface area contributed by atoms with E-state index in [9.17, 15) is 31.1 Å². The summed E-state index contributed by atoms with van der Waals surface area (Å²) in [4.78, 5) is 16.4. The number of epoxide rings is 1. The Labute approximate surface area is 140 Å². The number of hydrogen-bond acceptors (Lipinski definition) is 5. The zero-order chi connectivity index (χ0) is 19.4. The number of hydrogen-bond donors (Lipinski definition) is 0. The topological polar surface area (TPSA) is 51.3 Å². The van der Waals surface area contributed by atoms with E-state index >= 15 is 0 Å². The van der Waals surface area contributed by atoms with Crippen LogP contribution in [0.1, 0.15) is 40.5 Å². The average molecular weight is 379 g/mol. The van der Waals surface area contributed by atoms with Crippen molar-refractivity contribution in [3.8, 4) is 0 Å². The van der Waals surface area contributed by atoms with Gasteiger partial charge in [0.1, 0.15) is 6.10 Å². The summed E-state index contributed by atoms with van der Waals surface area (Å²) in [5.74, 6) is -2.29. The zero-order valence-electron chi connectivity index (χ0n) is 14.0. The van der Waals surface area contributed by atoms with E-state index in [1.165, 1.54) is 5.06 Å². The van der Waals surface area contributed by atoms with Gasteiger partial charge in [-0.2, -0.15) is 31.4 Å². The lowest BCUT2D eigenvalue weighted by Gasteiger charge is -2.53. The average Bonchev–Trinajstić information content (AvgIpc) is 3.10. The molecule has 0 bridgehead atoms. The summed E-state index contributed by atoms with van der Waals surface area (Å²) in [6.07, 6.45) is -14.3. The minimum Gasteiger partial charge on any atom is -0.456 e. The molecular formula is C14H19F6NO4. The highest BCUT2D eigenvalue weighted by Gasteiger charge is 2.62. The molecule has 2 saturated heterocycles. The lowest BCUT2D eigenvalue weighted by atomic mass is 9.80. The summed E-state index contributed by atoms with van der Waals surface area (Å²) in [7, 11) is 0. The van der Waals surface area contributed by atoms with Gasteiger partial charge in [0.25, 0.3) is 0 Å². The summed E-state index contributed by atoms with van der Waals surface area (Å²) in [5.41, 5.74) is -1.97. The maximum atomic E-state index is 12.6. The first-order valence-electron chi connectivity index (χ1n) is 7.51. The highest BCUT2D eigenvalue weighted by molar-refractivity contribution is 5.75. The smallest absolute Gasteiger partial charge is 0.456 e. The van der Waals surface area contributed by atoms with Gasteiger partial charge in [0.2, 0.25) is 12.4 Å². The minimum absolute atomic E-state index is 0.0400. The standard InChI is InChI=1S/C14H19F6NO4/c1-11(2)5-7(23-10(22)14(18,19)20)6-12(3,4)21(11)25-9-8(24-9)13(15,16)17/h7-9H,5-6H2,1-4H3. The van der Waals surface area contributed by atoms with Crippen molar-refractivity contribution in [1.82, 2.24) is 5.06 Å². The van der Waals surface area contributed by atoms with Crippen molar-refractivity contribution >= 4 is 5.97 Å². The van der Waals surface area contributed by atoms with Crippen LogP contribution in [-0.4, -0.2) is 53.0 Å². The number of esters is 1. The van der Waals surface area contributed by atoms with Gasteiger partial charge in [0.05, 0.1) is 0 Å². The maximum absolute atomic E-state index is 12.6. The summed E-state index contributed by atoms with van der Waals surface area (Å²) in [6.45, 7) is 6.31. The molecule has 11 heteroatoms. The summed E-state index contributed by atoms with van der Waals surface area (Å²) < 4.78 is 83.8. The monoisotopic (exact) mass is 379 g/mol. The second kappa shape index (κ2) is 5.98. The van der Waals surface area contributed by atoms with E-state index in [4.69, 9.17) is 4.84 Å². The molecule has 0 aromatic rings. The van der Waals surface area contributed by atoms with Crippen molar-refractivity contribution in [3.05, 3.63) is 0 Å². The zero-order valence-corrected chi connectivity index (χ0v) is 14.0. The Balaban J connectivity index is 2.06. The van der Waals surface area contributed by atoms with Gasteiger partial charge in [-0.05, 0) is 27.7 Å². The number of alkyl halides is 6. The van der Waals surface area contributed by atoms with Gasteiger partial charge < -0.3 is 9.47 Å². The second-order valence-electron chi connectivity index (χ2n) is 7.42. The van der Waals surface area contributed by atoms with E-state index in [-0.39, 0.29) is 12.8 Å². The van der Waals surface area contributed by atoms with Gasteiger partial charge in [0, 0.05) is 23.9 Å². The fourth-order valence-electron chi connectivity index (χ4n) is 3.27. The number of piperidine rings is 1. The predicted octanol–water partition coefficient (Wildman–Crippen LogP) is 3.33. The maximum Gasteiger partial charge on any atom is 0.490 e. The predicted molar refractivity (Wildman–Crippen MR) is 71.0 cm³/mol. The fourth-order valence-corrected chi connectivity index (χ4v) is 3.27. The number of carbonyl (C=O) groups excluding carboxylic acids is 1. The molecule has 2 atom stereocenters. The largest absolute Gasteiger partial charge is 0.490 e. The normalized spacial score (nSPS) is 30.2. The molecule has 2 heterocycles. The van der Waals surface area contributed by atoms with Crippen LogP contribution in [0.4, 0.5) is 26.3 Å². The van der Waals surface area contributed by atoms with Gasteiger partial charge in [-0.15, -0.1) is 0 Å². The number of hydroxylamine groups is 2. The van der Waals surface area contributed by atoms with Crippen molar-refractivity contribution in [2.45, 2.75) is 82.5 Å². The van der Waals surface area contributed by atoms with Crippen LogP contribution in [-0.2, 0) is 19.1 Å². The minimum atomic E-state index is -5.11. The molecule has 0 saturated carbocycles. The van der Waals surface area contributed by atoms with Crippen molar-refractivity contribution in [3.63, 3.8) is 0 Å². The Morgan fingerprint density at radius 2 is 1.52 bits per heavy atom. The van der Waals surface area contributed by atoms with Gasteiger partial charge >= 0.3 is 18.3 Å². The van der Waals surface area contributed by atoms with E-state index in [1.54, 1.807) is 27.7 Å². The molecule has 2 rings (SSSR count). The Morgan fingerprint density at radius 1 is 1.04 bits per heavy atom. The number of nitrogens with zero attached hydrogens (tertiary/aromatic N) is 1. The van der Waals surface area contributed by atoms with Crippen molar-refractivity contribution in [1.29, 1.82) is 0 Å². The number of carbonyl (C=O) groups is 1. The third-order valence-corrected chi connectivity index (χ3v) is 4.04. The fraction of sp³-hybridized carbons (Fsp3) is 0.929. The van der Waals surface area contributed by atoms with Gasteiger partial charge in [-0.1, -0.05) is 0 Å². The molecular weight excluding hydrogens is 360 g/mol. The Bertz CT molecular complexity index is 512. The first-order valence-corrected chi connectivity index (χ1v) is 7.51. The van der Waals surface area contributed by atoms with Crippen LogP contribution < -0.4 is 0 Å². The van der Waals surface area contributed by atoms with Gasteiger partial charge in [-0.25, -0.2) is 4.79 Å². The molecule has 0 aromatic carbocycles. The Kier molecular flexibility index (Phi) is 4.85. The summed E-state index contributed by atoms with van der Waals surface area (Å²) in [6, 6.07) is 0. The van der Waals surface area contributed by atoms with Crippen LogP contribution in [0.25, 0.3) is 0 Å². The van der Waals surface area contributed by atoms with E-state index < -0.39 is 47.9 Å². The third-order valence-electron chi connectivity index (χ3n) is 4.04. The molecule has 0 amide bonds. The lowest BCUT2D eigenvalue weighted by molar-refractivity contribution is -0.314. The Hall–Kier alpha value is -1.07. The van der Waals surface area contributed by atoms with Gasteiger partial charge in [-0.3, -0.25) is 4.84 Å². The van der Waals surface area contributed by atoms with Crippen molar-refractivity contribution in [2.24, 2.45) is 0 Å². The summed E-state index contributed by atoms with van der Waals surface area (Å²) >= 11 is 0. The molecule has 2 fully saturated rings. The van der Waals surface area contributed by atoms with Crippen LogP contribution >= 0.6 is 0 Å². The molecule has 0 N–H and O–H groups in total. The SMILES string of the molecule is CC1(C)CC(OC(=O)C(F)(F)F)CC(C)(C)N1OC1OC1C(F)(F)F. The quantitative estimate of drug-likeness (QED) is 0.428. The molecule has 2 unspecified atom stereocenters. The second-order valence-corrected chi connectivity index (χ2v) is 7.42. The van der Waals surface area contributed by atoms with Crippen molar-refractivity contribution in [2.75, 3.05) is 0 Å². The van der Waals surface area contributed by atoms with Crippen LogP contribution in [0.15, 0.2) is 0 Å². The molecule has 2 aliphatic heterocycles. The highest BCUT2D eigenvalue weighted by Crippen LogP contribution is 2.45. The summed E-state index contributed by atoms with van der Waals surface area (Å²) in [5, 5.41) is 1.29. The first-order chi connectivity index (χ1) is 11.0. The van der Waals surface area contributed by atoms with Crippen LogP contribution in [0, 0.1) is 0 Å². The Morgan fingerprint density at radius 3 is 1.88 bits per heavy atom. The van der Waals surface area contributed by atoms with Crippen molar-refractivity contribution < 1.29 is 45.4 Å². The molecule has 2 aliphatic rings. The molecule has 0 radical (unpaired) electrons. The molecule has 0 aliphatic carbocycles. The first kappa shape index (κ1) is 20.2. The number of halogens is 6. The van der Waals surface area contributed by atoms with Gasteiger partial charge in [0.15, 0.2) is 0 Å². The van der Waals surface area contributed by atoms with E-state index in [0.717, 1.165) is 0 Å². The van der Waals surface area contributed by atoms with E-state index in [0.29, 0.717) is 0 Å². The van der Waals surface area contributed by atoms with Crippen LogP contribution in [0.3, 0.4) is 0 Å². The molecule has 5 nitrogen and oxygen atoms in total. The lowest BCUT2D eigenvalue weighted by Crippen LogP contribution is -2.62. The number of rotatable bonds is 3. The molecule has 0 spiro atoms. The molecule has 0 aromatic heterocycles.